The van der Waals surface area contributed by atoms with Crippen LogP contribution in [0.3, 0.4) is 0 Å². The number of nitro groups is 1. The van der Waals surface area contributed by atoms with Gasteiger partial charge in [0.15, 0.2) is 6.10 Å². The van der Waals surface area contributed by atoms with E-state index in [1.807, 2.05) is 12.1 Å². The SMILES string of the molecule is COc1ccc([C@H]2[C@H]3C(=O)N(c4ccc([N+](=O)[O-])cc4)C(=O)[C@H]3ON2c2ccc(OC)cc2)cc1. The molecule has 0 spiro atoms. The number of rotatable bonds is 6. The van der Waals surface area contributed by atoms with Gasteiger partial charge in [-0.2, -0.15) is 0 Å². The summed E-state index contributed by atoms with van der Waals surface area (Å²) in [6.45, 7) is 0. The van der Waals surface area contributed by atoms with E-state index in [0.29, 0.717) is 17.2 Å². The molecule has 178 valence electrons. The topological polar surface area (TPSA) is 111 Å². The molecule has 0 unspecified atom stereocenters. The van der Waals surface area contributed by atoms with Crippen LogP contribution in [0.5, 0.6) is 11.5 Å². The van der Waals surface area contributed by atoms with Gasteiger partial charge in [-0.05, 0) is 54.1 Å². The zero-order valence-corrected chi connectivity index (χ0v) is 18.9. The molecule has 35 heavy (non-hydrogen) atoms. The van der Waals surface area contributed by atoms with Crippen LogP contribution in [0.15, 0.2) is 72.8 Å². The number of imide groups is 1. The third-order valence-electron chi connectivity index (χ3n) is 6.22. The molecule has 3 aromatic carbocycles. The van der Waals surface area contributed by atoms with Gasteiger partial charge in [-0.1, -0.05) is 12.1 Å². The summed E-state index contributed by atoms with van der Waals surface area (Å²) in [6, 6.07) is 19.0. The van der Waals surface area contributed by atoms with Crippen molar-refractivity contribution in [3.8, 4) is 11.5 Å². The standard InChI is InChI=1S/C25H21N3O7/c1-33-19-11-3-15(4-12-19)22-21-23(35-27(22)17-9-13-20(34-2)14-10-17)25(30)26(24(21)29)16-5-7-18(8-6-16)28(31)32/h3-14,21-23H,1-2H3/t21-,22+,23+/m1/s1. The fourth-order valence-corrected chi connectivity index (χ4v) is 4.49. The highest BCUT2D eigenvalue weighted by Crippen LogP contribution is 2.48. The van der Waals surface area contributed by atoms with E-state index < -0.39 is 34.8 Å². The van der Waals surface area contributed by atoms with E-state index in [0.717, 1.165) is 10.5 Å². The summed E-state index contributed by atoms with van der Waals surface area (Å²) in [5, 5.41) is 12.6. The first kappa shape index (κ1) is 22.4. The average Bonchev–Trinajstić information content (AvgIpc) is 3.40. The summed E-state index contributed by atoms with van der Waals surface area (Å²) in [5.41, 5.74) is 1.54. The Morgan fingerprint density at radius 2 is 1.34 bits per heavy atom. The number of nitrogens with zero attached hydrogens (tertiary/aromatic N) is 3. The summed E-state index contributed by atoms with van der Waals surface area (Å²) < 4.78 is 10.5. The van der Waals surface area contributed by atoms with Crippen LogP contribution in [0.4, 0.5) is 17.1 Å². The maximum Gasteiger partial charge on any atom is 0.269 e. The molecule has 10 heteroatoms. The van der Waals surface area contributed by atoms with Crippen molar-refractivity contribution in [1.82, 2.24) is 0 Å². The molecule has 2 amide bonds. The van der Waals surface area contributed by atoms with Crippen molar-refractivity contribution in [2.75, 3.05) is 24.2 Å². The van der Waals surface area contributed by atoms with Crippen molar-refractivity contribution >= 4 is 28.9 Å². The first-order valence-corrected chi connectivity index (χ1v) is 10.8. The van der Waals surface area contributed by atoms with E-state index in [-0.39, 0.29) is 11.4 Å². The predicted octanol–water partition coefficient (Wildman–Crippen LogP) is 3.66. The zero-order valence-electron chi connectivity index (χ0n) is 18.9. The highest BCUT2D eigenvalue weighted by atomic mass is 16.7. The Balaban J connectivity index is 1.54. The average molecular weight is 475 g/mol. The van der Waals surface area contributed by atoms with Crippen molar-refractivity contribution in [1.29, 1.82) is 0 Å². The van der Waals surface area contributed by atoms with Crippen LogP contribution >= 0.6 is 0 Å². The molecule has 0 aromatic heterocycles. The number of carbonyl (C=O) groups excluding carboxylic acids is 2. The van der Waals surface area contributed by atoms with Crippen LogP contribution in [-0.4, -0.2) is 37.1 Å². The molecule has 2 fully saturated rings. The summed E-state index contributed by atoms with van der Waals surface area (Å²) in [4.78, 5) is 44.6. The Bertz CT molecular complexity index is 1280. The molecule has 0 N–H and O–H groups in total. The van der Waals surface area contributed by atoms with Crippen LogP contribution in [0.2, 0.25) is 0 Å². The summed E-state index contributed by atoms with van der Waals surface area (Å²) in [7, 11) is 3.13. The van der Waals surface area contributed by atoms with Crippen molar-refractivity contribution in [3.63, 3.8) is 0 Å². The molecule has 0 aliphatic carbocycles. The normalized spacial score (nSPS) is 21.3. The van der Waals surface area contributed by atoms with Crippen LogP contribution in [0, 0.1) is 16.0 Å². The highest BCUT2D eigenvalue weighted by molar-refractivity contribution is 6.24. The van der Waals surface area contributed by atoms with Gasteiger partial charge >= 0.3 is 0 Å². The lowest BCUT2D eigenvalue weighted by atomic mass is 9.90. The second-order valence-corrected chi connectivity index (χ2v) is 8.08. The molecule has 2 aliphatic rings. The summed E-state index contributed by atoms with van der Waals surface area (Å²) in [6.07, 6.45) is -1.05. The van der Waals surface area contributed by atoms with E-state index in [1.165, 1.54) is 24.3 Å². The second-order valence-electron chi connectivity index (χ2n) is 8.08. The lowest BCUT2D eigenvalue weighted by Gasteiger charge is -2.29. The smallest absolute Gasteiger partial charge is 0.269 e. The number of benzene rings is 3. The largest absolute Gasteiger partial charge is 0.497 e. The third kappa shape index (κ3) is 3.73. The first-order chi connectivity index (χ1) is 16.9. The molecular weight excluding hydrogens is 454 g/mol. The molecule has 2 aliphatic heterocycles. The van der Waals surface area contributed by atoms with Gasteiger partial charge in [0, 0.05) is 12.1 Å². The van der Waals surface area contributed by atoms with E-state index in [9.17, 15) is 19.7 Å². The molecule has 10 nitrogen and oxygen atoms in total. The number of hydrogen-bond donors (Lipinski definition) is 0. The fraction of sp³-hybridized carbons (Fsp3) is 0.200. The van der Waals surface area contributed by atoms with E-state index in [4.69, 9.17) is 14.3 Å². The maximum absolute atomic E-state index is 13.6. The number of carbonyl (C=O) groups is 2. The van der Waals surface area contributed by atoms with Crippen LogP contribution in [0.1, 0.15) is 11.6 Å². The van der Waals surface area contributed by atoms with Crippen LogP contribution in [0.25, 0.3) is 0 Å². The number of anilines is 2. The van der Waals surface area contributed by atoms with Gasteiger partial charge in [0.1, 0.15) is 17.4 Å². The van der Waals surface area contributed by atoms with Crippen LogP contribution in [-0.2, 0) is 14.4 Å². The van der Waals surface area contributed by atoms with Crippen molar-refractivity contribution < 1.29 is 28.8 Å². The molecule has 0 saturated carbocycles. The Morgan fingerprint density at radius 3 is 1.89 bits per heavy atom. The van der Waals surface area contributed by atoms with E-state index >= 15 is 0 Å². The van der Waals surface area contributed by atoms with Gasteiger partial charge < -0.3 is 9.47 Å². The molecule has 2 saturated heterocycles. The van der Waals surface area contributed by atoms with Gasteiger partial charge in [-0.3, -0.25) is 24.5 Å². The molecule has 2 heterocycles. The summed E-state index contributed by atoms with van der Waals surface area (Å²) in [5.74, 6) is -0.477. The summed E-state index contributed by atoms with van der Waals surface area (Å²) >= 11 is 0. The van der Waals surface area contributed by atoms with Crippen LogP contribution < -0.4 is 19.4 Å². The van der Waals surface area contributed by atoms with E-state index in [1.54, 1.807) is 55.7 Å². The molecule has 0 radical (unpaired) electrons. The van der Waals surface area contributed by atoms with E-state index in [2.05, 4.69) is 0 Å². The van der Waals surface area contributed by atoms with Crippen molar-refractivity contribution in [3.05, 3.63) is 88.5 Å². The maximum atomic E-state index is 13.6. The minimum atomic E-state index is -1.05. The molecular formula is C25H21N3O7. The Kier molecular flexibility index (Phi) is 5.58. The fourth-order valence-electron chi connectivity index (χ4n) is 4.49. The van der Waals surface area contributed by atoms with Gasteiger partial charge in [0.25, 0.3) is 11.6 Å². The number of hydrogen-bond acceptors (Lipinski definition) is 8. The second kappa shape index (κ2) is 8.73. The van der Waals surface area contributed by atoms with Crippen molar-refractivity contribution in [2.24, 2.45) is 5.92 Å². The Hall–Kier alpha value is -4.44. The third-order valence-corrected chi connectivity index (χ3v) is 6.22. The predicted molar refractivity (Wildman–Crippen MR) is 125 cm³/mol. The number of nitro benzene ring substituents is 1. The number of ether oxygens (including phenoxy) is 2. The number of non-ortho nitro benzene ring substituents is 1. The number of amides is 2. The Morgan fingerprint density at radius 1 is 0.800 bits per heavy atom. The lowest BCUT2D eigenvalue weighted by molar-refractivity contribution is -0.384. The number of methoxy groups -OCH3 is 2. The van der Waals surface area contributed by atoms with Gasteiger partial charge in [0.05, 0.1) is 36.6 Å². The van der Waals surface area contributed by atoms with Gasteiger partial charge in [-0.15, -0.1) is 0 Å². The molecule has 3 atom stereocenters. The molecule has 0 bridgehead atoms. The lowest BCUT2D eigenvalue weighted by Crippen LogP contribution is -2.37. The first-order valence-electron chi connectivity index (χ1n) is 10.8. The number of fused-ring (bicyclic) bond motifs is 1. The molecule has 5 rings (SSSR count). The van der Waals surface area contributed by atoms with Gasteiger partial charge in [-0.25, -0.2) is 9.96 Å². The quantitative estimate of drug-likeness (QED) is 0.302. The Labute approximate surface area is 200 Å². The van der Waals surface area contributed by atoms with Gasteiger partial charge in [0.2, 0.25) is 5.91 Å². The highest BCUT2D eigenvalue weighted by Gasteiger charge is 2.60. The minimum absolute atomic E-state index is 0.133. The minimum Gasteiger partial charge on any atom is -0.497 e. The zero-order chi connectivity index (χ0) is 24.7. The number of hydroxylamine groups is 1. The molecule has 3 aromatic rings. The monoisotopic (exact) mass is 475 g/mol. The van der Waals surface area contributed by atoms with Crippen molar-refractivity contribution in [2.45, 2.75) is 12.1 Å².